The molecule has 1 aromatic heterocycles. The summed E-state index contributed by atoms with van der Waals surface area (Å²) in [4.78, 5) is 14.8. The molecule has 1 amide bonds. The Kier molecular flexibility index (Phi) is 3.82. The first kappa shape index (κ1) is 14.3. The van der Waals surface area contributed by atoms with Crippen LogP contribution in [0.15, 0.2) is 18.2 Å². The van der Waals surface area contributed by atoms with Gasteiger partial charge in [-0.15, -0.1) is 11.3 Å². The topological polar surface area (TPSA) is 55.6 Å². The zero-order chi connectivity index (χ0) is 15.0. The van der Waals surface area contributed by atoms with Gasteiger partial charge in [0.1, 0.15) is 10.7 Å². The molecule has 2 N–H and O–H groups in total. The summed E-state index contributed by atoms with van der Waals surface area (Å²) < 4.78 is 20.1. The zero-order valence-electron chi connectivity index (χ0n) is 11.8. The van der Waals surface area contributed by atoms with Gasteiger partial charge in [0.15, 0.2) is 0 Å². The number of anilines is 1. The second-order valence-electron chi connectivity index (χ2n) is 5.11. The predicted molar refractivity (Wildman–Crippen MR) is 82.1 cm³/mol. The number of hydrogen-bond acceptors (Lipinski definition) is 4. The molecule has 1 aliphatic rings. The average Bonchev–Trinajstić information content (AvgIpc) is 2.85. The lowest BCUT2D eigenvalue weighted by molar-refractivity contribution is -0.0224. The van der Waals surface area contributed by atoms with Gasteiger partial charge in [0.2, 0.25) is 0 Å². The number of halogens is 1. The molecule has 1 atom stereocenters. The van der Waals surface area contributed by atoms with E-state index in [2.05, 4.69) is 0 Å². The van der Waals surface area contributed by atoms with E-state index in [0.717, 1.165) is 6.42 Å². The van der Waals surface area contributed by atoms with Crippen molar-refractivity contribution in [2.75, 3.05) is 25.4 Å². The number of carbonyl (C=O) groups is 1. The van der Waals surface area contributed by atoms with E-state index >= 15 is 0 Å². The lowest BCUT2D eigenvalue weighted by Gasteiger charge is -2.32. The molecule has 112 valence electrons. The van der Waals surface area contributed by atoms with Crippen molar-refractivity contribution in [3.63, 3.8) is 0 Å². The maximum absolute atomic E-state index is 13.9. The van der Waals surface area contributed by atoms with Crippen LogP contribution in [0, 0.1) is 5.82 Å². The summed E-state index contributed by atoms with van der Waals surface area (Å²) in [6, 6.07) is 4.77. The minimum atomic E-state index is -0.381. The minimum absolute atomic E-state index is 0.0649. The Balaban J connectivity index is 1.95. The Bertz CT molecular complexity index is 686. The van der Waals surface area contributed by atoms with Crippen LogP contribution in [0.1, 0.15) is 23.0 Å². The van der Waals surface area contributed by atoms with Gasteiger partial charge in [-0.1, -0.05) is 13.0 Å². The zero-order valence-corrected chi connectivity index (χ0v) is 12.6. The van der Waals surface area contributed by atoms with Gasteiger partial charge in [0.05, 0.1) is 23.8 Å². The van der Waals surface area contributed by atoms with E-state index in [1.54, 1.807) is 17.0 Å². The average molecular weight is 308 g/mol. The van der Waals surface area contributed by atoms with Gasteiger partial charge in [0.25, 0.3) is 5.91 Å². The lowest BCUT2D eigenvalue weighted by Crippen LogP contribution is -2.45. The van der Waals surface area contributed by atoms with Gasteiger partial charge in [-0.05, 0) is 18.6 Å². The fourth-order valence-electron chi connectivity index (χ4n) is 2.58. The first-order valence-electron chi connectivity index (χ1n) is 6.99. The van der Waals surface area contributed by atoms with Crippen molar-refractivity contribution in [1.82, 2.24) is 4.90 Å². The third-order valence-electron chi connectivity index (χ3n) is 3.78. The molecule has 4 nitrogen and oxygen atoms in total. The SMILES string of the molecule is CCC1CN(C(=O)c2sc3cccc(F)c3c2N)CCO1. The molecule has 0 radical (unpaired) electrons. The van der Waals surface area contributed by atoms with E-state index in [0.29, 0.717) is 34.7 Å². The molecular formula is C15H17FN2O2S. The molecule has 1 unspecified atom stereocenters. The number of ether oxygens (including phenoxy) is 1. The maximum Gasteiger partial charge on any atom is 0.266 e. The second kappa shape index (κ2) is 5.61. The number of benzene rings is 1. The highest BCUT2D eigenvalue weighted by molar-refractivity contribution is 7.21. The van der Waals surface area contributed by atoms with Crippen molar-refractivity contribution in [1.29, 1.82) is 0 Å². The van der Waals surface area contributed by atoms with Crippen molar-refractivity contribution < 1.29 is 13.9 Å². The third kappa shape index (κ3) is 2.49. The number of amides is 1. The summed E-state index contributed by atoms with van der Waals surface area (Å²) in [6.07, 6.45) is 0.926. The predicted octanol–water partition coefficient (Wildman–Crippen LogP) is 2.87. The van der Waals surface area contributed by atoms with Gasteiger partial charge in [0, 0.05) is 17.8 Å². The van der Waals surface area contributed by atoms with Gasteiger partial charge in [-0.3, -0.25) is 4.79 Å². The van der Waals surface area contributed by atoms with E-state index < -0.39 is 0 Å². The van der Waals surface area contributed by atoms with E-state index in [1.807, 2.05) is 6.92 Å². The van der Waals surface area contributed by atoms with Gasteiger partial charge < -0.3 is 15.4 Å². The summed E-state index contributed by atoms with van der Waals surface area (Å²) in [5.74, 6) is -0.511. The molecule has 6 heteroatoms. The van der Waals surface area contributed by atoms with Crippen LogP contribution in [-0.2, 0) is 4.74 Å². The quantitative estimate of drug-likeness (QED) is 0.928. The highest BCUT2D eigenvalue weighted by Crippen LogP contribution is 2.36. The Morgan fingerprint density at radius 1 is 1.57 bits per heavy atom. The Labute approximate surface area is 126 Å². The first-order chi connectivity index (χ1) is 10.1. The normalized spacial score (nSPS) is 19.1. The molecule has 2 heterocycles. The summed E-state index contributed by atoms with van der Waals surface area (Å²) in [5.41, 5.74) is 6.25. The second-order valence-corrected chi connectivity index (χ2v) is 6.16. The van der Waals surface area contributed by atoms with Gasteiger partial charge in [-0.25, -0.2) is 4.39 Å². The summed E-state index contributed by atoms with van der Waals surface area (Å²) in [6.45, 7) is 3.67. The standard InChI is InChI=1S/C15H17FN2O2S/c1-2-9-8-18(6-7-20-9)15(19)14-13(17)12-10(16)4-3-5-11(12)21-14/h3-5,9H,2,6-8,17H2,1H3. The number of thiophene rings is 1. The Hall–Kier alpha value is -1.66. The van der Waals surface area contributed by atoms with Crippen molar-refractivity contribution in [3.8, 4) is 0 Å². The maximum atomic E-state index is 13.9. The van der Waals surface area contributed by atoms with Crippen LogP contribution in [-0.4, -0.2) is 36.6 Å². The minimum Gasteiger partial charge on any atom is -0.397 e. The monoisotopic (exact) mass is 308 g/mol. The number of carbonyl (C=O) groups excluding carboxylic acids is 1. The van der Waals surface area contributed by atoms with Crippen molar-refractivity contribution >= 4 is 33.0 Å². The van der Waals surface area contributed by atoms with Crippen LogP contribution >= 0.6 is 11.3 Å². The molecule has 0 spiro atoms. The van der Waals surface area contributed by atoms with Crippen LogP contribution in [0.25, 0.3) is 10.1 Å². The van der Waals surface area contributed by atoms with Crippen molar-refractivity contribution in [2.24, 2.45) is 0 Å². The fraction of sp³-hybridized carbons (Fsp3) is 0.400. The highest BCUT2D eigenvalue weighted by atomic mass is 32.1. The molecular weight excluding hydrogens is 291 g/mol. The van der Waals surface area contributed by atoms with E-state index in [1.165, 1.54) is 17.4 Å². The third-order valence-corrected chi connectivity index (χ3v) is 4.94. The Morgan fingerprint density at radius 3 is 3.10 bits per heavy atom. The van der Waals surface area contributed by atoms with E-state index in [9.17, 15) is 9.18 Å². The molecule has 1 fully saturated rings. The molecule has 21 heavy (non-hydrogen) atoms. The van der Waals surface area contributed by atoms with Crippen molar-refractivity contribution in [3.05, 3.63) is 28.9 Å². The van der Waals surface area contributed by atoms with Crippen molar-refractivity contribution in [2.45, 2.75) is 19.4 Å². The molecule has 1 saturated heterocycles. The number of nitrogens with zero attached hydrogens (tertiary/aromatic N) is 1. The van der Waals surface area contributed by atoms with Crippen LogP contribution < -0.4 is 5.73 Å². The number of morpholine rings is 1. The molecule has 2 aromatic rings. The van der Waals surface area contributed by atoms with Crippen LogP contribution in [0.3, 0.4) is 0 Å². The smallest absolute Gasteiger partial charge is 0.266 e. The van der Waals surface area contributed by atoms with E-state index in [-0.39, 0.29) is 23.5 Å². The summed E-state index contributed by atoms with van der Waals surface area (Å²) >= 11 is 1.25. The highest BCUT2D eigenvalue weighted by Gasteiger charge is 2.27. The van der Waals surface area contributed by atoms with Crippen LogP contribution in [0.5, 0.6) is 0 Å². The summed E-state index contributed by atoms with van der Waals surface area (Å²) in [7, 11) is 0. The molecule has 1 aromatic carbocycles. The first-order valence-corrected chi connectivity index (χ1v) is 7.80. The fourth-order valence-corrected chi connectivity index (χ4v) is 3.69. The molecule has 3 rings (SSSR count). The summed E-state index contributed by atoms with van der Waals surface area (Å²) in [5, 5.41) is 0.353. The molecule has 0 bridgehead atoms. The molecule has 1 aliphatic heterocycles. The van der Waals surface area contributed by atoms with Crippen LogP contribution in [0.2, 0.25) is 0 Å². The van der Waals surface area contributed by atoms with E-state index in [4.69, 9.17) is 10.5 Å². The Morgan fingerprint density at radius 2 is 2.38 bits per heavy atom. The number of rotatable bonds is 2. The van der Waals surface area contributed by atoms with Gasteiger partial charge >= 0.3 is 0 Å². The number of fused-ring (bicyclic) bond motifs is 1. The number of nitrogens with two attached hydrogens (primary N) is 1. The lowest BCUT2D eigenvalue weighted by atomic mass is 10.2. The van der Waals surface area contributed by atoms with Crippen LogP contribution in [0.4, 0.5) is 10.1 Å². The number of hydrogen-bond donors (Lipinski definition) is 1. The van der Waals surface area contributed by atoms with Gasteiger partial charge in [-0.2, -0.15) is 0 Å². The largest absolute Gasteiger partial charge is 0.397 e. The molecule has 0 aliphatic carbocycles. The molecule has 0 saturated carbocycles. The number of nitrogen functional groups attached to an aromatic ring is 1.